The summed E-state index contributed by atoms with van der Waals surface area (Å²) in [7, 11) is 0. The van der Waals surface area contributed by atoms with Crippen LogP contribution in [-0.2, 0) is 0 Å². The van der Waals surface area contributed by atoms with Crippen LogP contribution in [0, 0.1) is 0 Å². The molecule has 3 rings (SSSR count). The lowest BCUT2D eigenvalue weighted by atomic mass is 10.2. The number of oxazole rings is 1. The maximum atomic E-state index is 5.23. The summed E-state index contributed by atoms with van der Waals surface area (Å²) in [6.45, 7) is 0. The van der Waals surface area contributed by atoms with E-state index in [0.717, 1.165) is 22.6 Å². The van der Waals surface area contributed by atoms with E-state index in [0.29, 0.717) is 0 Å². The van der Waals surface area contributed by atoms with Crippen molar-refractivity contribution in [2.45, 2.75) is 0 Å². The Morgan fingerprint density at radius 1 is 1.05 bits per heavy atom. The molecule has 2 heterocycles. The van der Waals surface area contributed by atoms with Gasteiger partial charge >= 0.3 is 0 Å². The van der Waals surface area contributed by atoms with Crippen LogP contribution < -0.4 is 5.43 Å². The summed E-state index contributed by atoms with van der Waals surface area (Å²) in [5, 5.41) is 4.15. The van der Waals surface area contributed by atoms with Crippen LogP contribution >= 0.6 is 0 Å². The van der Waals surface area contributed by atoms with E-state index in [9.17, 15) is 0 Å². The number of hydrazone groups is 1. The first-order chi connectivity index (χ1) is 9.92. The van der Waals surface area contributed by atoms with Gasteiger partial charge in [0.25, 0.3) is 0 Å². The zero-order valence-corrected chi connectivity index (χ0v) is 10.6. The molecule has 0 aliphatic heterocycles. The molecule has 1 aromatic carbocycles. The van der Waals surface area contributed by atoms with Gasteiger partial charge in [-0.15, -0.1) is 0 Å². The molecule has 0 fully saturated rings. The standard InChI is InChI=1S/C15H12N4O/c1-2-12(8-16-7-1)9-18-19-14-5-3-13(4-6-14)15-10-17-11-20-15/h1-11,19H. The third kappa shape index (κ3) is 2.89. The van der Waals surface area contributed by atoms with Gasteiger partial charge in [0.1, 0.15) is 0 Å². The molecule has 1 N–H and O–H groups in total. The first-order valence-corrected chi connectivity index (χ1v) is 6.10. The van der Waals surface area contributed by atoms with Gasteiger partial charge < -0.3 is 4.42 Å². The topological polar surface area (TPSA) is 63.3 Å². The van der Waals surface area contributed by atoms with E-state index in [2.05, 4.69) is 20.5 Å². The number of anilines is 1. The molecule has 0 saturated heterocycles. The lowest BCUT2D eigenvalue weighted by Crippen LogP contribution is -1.90. The number of benzene rings is 1. The highest BCUT2D eigenvalue weighted by molar-refractivity contribution is 5.79. The Morgan fingerprint density at radius 2 is 1.95 bits per heavy atom. The number of rotatable bonds is 4. The summed E-state index contributed by atoms with van der Waals surface area (Å²) in [6.07, 6.45) is 8.30. The fourth-order valence-electron chi connectivity index (χ4n) is 1.70. The van der Waals surface area contributed by atoms with Crippen LogP contribution in [0.15, 0.2) is 70.9 Å². The van der Waals surface area contributed by atoms with Gasteiger partial charge in [-0.05, 0) is 30.3 Å². The number of nitrogens with one attached hydrogen (secondary N) is 1. The average molecular weight is 264 g/mol. The van der Waals surface area contributed by atoms with E-state index in [1.54, 1.807) is 24.8 Å². The molecule has 0 aliphatic carbocycles. The van der Waals surface area contributed by atoms with Crippen molar-refractivity contribution in [3.8, 4) is 11.3 Å². The number of hydrogen-bond donors (Lipinski definition) is 1. The van der Waals surface area contributed by atoms with Crippen molar-refractivity contribution in [2.24, 2.45) is 5.10 Å². The van der Waals surface area contributed by atoms with Crippen LogP contribution in [0.2, 0.25) is 0 Å². The van der Waals surface area contributed by atoms with E-state index >= 15 is 0 Å². The maximum absolute atomic E-state index is 5.23. The molecule has 2 aromatic heterocycles. The minimum absolute atomic E-state index is 0.746. The maximum Gasteiger partial charge on any atom is 0.181 e. The first kappa shape index (κ1) is 12.1. The molecule has 0 amide bonds. The summed E-state index contributed by atoms with van der Waals surface area (Å²) >= 11 is 0. The molecule has 98 valence electrons. The van der Waals surface area contributed by atoms with Crippen molar-refractivity contribution in [1.29, 1.82) is 0 Å². The molecule has 0 atom stereocenters. The summed E-state index contributed by atoms with van der Waals surface area (Å²) in [4.78, 5) is 7.91. The van der Waals surface area contributed by atoms with Gasteiger partial charge in [-0.25, -0.2) is 4.98 Å². The number of aromatic nitrogens is 2. The van der Waals surface area contributed by atoms with Crippen LogP contribution in [0.4, 0.5) is 5.69 Å². The molecule has 5 heteroatoms. The van der Waals surface area contributed by atoms with E-state index in [4.69, 9.17) is 4.42 Å². The van der Waals surface area contributed by atoms with Crippen molar-refractivity contribution in [3.05, 3.63) is 66.9 Å². The highest BCUT2D eigenvalue weighted by Crippen LogP contribution is 2.20. The molecule has 0 unspecified atom stereocenters. The smallest absolute Gasteiger partial charge is 0.181 e. The van der Waals surface area contributed by atoms with Gasteiger partial charge in [-0.1, -0.05) is 6.07 Å². The van der Waals surface area contributed by atoms with Crippen LogP contribution in [0.5, 0.6) is 0 Å². The van der Waals surface area contributed by atoms with Crippen LogP contribution in [0.3, 0.4) is 0 Å². The zero-order valence-electron chi connectivity index (χ0n) is 10.6. The third-order valence-electron chi connectivity index (χ3n) is 2.69. The van der Waals surface area contributed by atoms with Crippen molar-refractivity contribution >= 4 is 11.9 Å². The molecule has 5 nitrogen and oxygen atoms in total. The fourth-order valence-corrected chi connectivity index (χ4v) is 1.70. The summed E-state index contributed by atoms with van der Waals surface area (Å²) in [6, 6.07) is 11.6. The second kappa shape index (κ2) is 5.79. The van der Waals surface area contributed by atoms with Gasteiger partial charge in [-0.2, -0.15) is 5.10 Å². The van der Waals surface area contributed by atoms with E-state index in [1.807, 2.05) is 36.4 Å². The second-order valence-corrected chi connectivity index (χ2v) is 4.10. The Kier molecular flexibility index (Phi) is 3.51. The molecular weight excluding hydrogens is 252 g/mol. The zero-order chi connectivity index (χ0) is 13.6. The highest BCUT2D eigenvalue weighted by Gasteiger charge is 2.00. The average Bonchev–Trinajstić information content (AvgIpc) is 3.03. The minimum atomic E-state index is 0.746. The largest absolute Gasteiger partial charge is 0.444 e. The Hall–Kier alpha value is -2.95. The summed E-state index contributed by atoms with van der Waals surface area (Å²) < 4.78 is 5.23. The van der Waals surface area contributed by atoms with Gasteiger partial charge in [0.15, 0.2) is 12.2 Å². The first-order valence-electron chi connectivity index (χ1n) is 6.10. The van der Waals surface area contributed by atoms with Crippen LogP contribution in [-0.4, -0.2) is 16.2 Å². The number of pyridine rings is 1. The monoisotopic (exact) mass is 264 g/mol. The molecule has 0 saturated carbocycles. The van der Waals surface area contributed by atoms with Crippen LogP contribution in [0.1, 0.15) is 5.56 Å². The lowest BCUT2D eigenvalue weighted by Gasteiger charge is -2.01. The minimum Gasteiger partial charge on any atom is -0.444 e. The molecule has 0 bridgehead atoms. The predicted octanol–water partition coefficient (Wildman–Crippen LogP) is 3.18. The Bertz CT molecular complexity index is 676. The third-order valence-corrected chi connectivity index (χ3v) is 2.69. The fraction of sp³-hybridized carbons (Fsp3) is 0. The summed E-state index contributed by atoms with van der Waals surface area (Å²) in [5.74, 6) is 0.746. The van der Waals surface area contributed by atoms with Crippen molar-refractivity contribution in [2.75, 3.05) is 5.43 Å². The Balaban J connectivity index is 1.65. The van der Waals surface area contributed by atoms with Crippen molar-refractivity contribution in [3.63, 3.8) is 0 Å². The predicted molar refractivity (Wildman–Crippen MR) is 77.4 cm³/mol. The van der Waals surface area contributed by atoms with Gasteiger partial charge in [-0.3, -0.25) is 10.4 Å². The quantitative estimate of drug-likeness (QED) is 0.580. The number of nitrogens with zero attached hydrogens (tertiary/aromatic N) is 3. The highest BCUT2D eigenvalue weighted by atomic mass is 16.3. The van der Waals surface area contributed by atoms with Gasteiger partial charge in [0, 0.05) is 23.5 Å². The SMILES string of the molecule is C(=NNc1ccc(-c2cnco2)cc1)c1cccnc1. The second-order valence-electron chi connectivity index (χ2n) is 4.10. The Labute approximate surface area is 116 Å². The number of hydrogen-bond acceptors (Lipinski definition) is 5. The van der Waals surface area contributed by atoms with Gasteiger partial charge in [0.2, 0.25) is 0 Å². The van der Waals surface area contributed by atoms with Gasteiger partial charge in [0.05, 0.1) is 18.1 Å². The van der Waals surface area contributed by atoms with E-state index in [1.165, 1.54) is 6.39 Å². The van der Waals surface area contributed by atoms with E-state index in [-0.39, 0.29) is 0 Å². The normalized spacial score (nSPS) is 10.8. The van der Waals surface area contributed by atoms with Crippen molar-refractivity contribution in [1.82, 2.24) is 9.97 Å². The van der Waals surface area contributed by atoms with E-state index < -0.39 is 0 Å². The van der Waals surface area contributed by atoms with Crippen molar-refractivity contribution < 1.29 is 4.42 Å². The lowest BCUT2D eigenvalue weighted by molar-refractivity contribution is 0.572. The molecule has 0 radical (unpaired) electrons. The Morgan fingerprint density at radius 3 is 2.65 bits per heavy atom. The molecule has 3 aromatic rings. The molecule has 0 spiro atoms. The molecular formula is C15H12N4O. The van der Waals surface area contributed by atoms with Crippen LogP contribution in [0.25, 0.3) is 11.3 Å². The summed E-state index contributed by atoms with van der Waals surface area (Å²) in [5.41, 5.74) is 5.78. The molecule has 20 heavy (non-hydrogen) atoms. The molecule has 0 aliphatic rings.